The fraction of sp³-hybridized carbons (Fsp3) is 0.273. The molecule has 0 fully saturated rings. The normalized spacial score (nSPS) is 10.3. The SMILES string of the molecule is CCCNc1ncc([N+](=O)[O-])c(Sc2nccc(=O)[nH]2)n1. The molecule has 9 nitrogen and oxygen atoms in total. The molecule has 2 aromatic heterocycles. The van der Waals surface area contributed by atoms with E-state index in [0.29, 0.717) is 12.5 Å². The van der Waals surface area contributed by atoms with Crippen molar-refractivity contribution in [3.63, 3.8) is 0 Å². The maximum Gasteiger partial charge on any atom is 0.320 e. The number of nitro groups is 1. The molecule has 0 spiro atoms. The van der Waals surface area contributed by atoms with E-state index in [1.54, 1.807) is 0 Å². The first-order chi connectivity index (χ1) is 10.1. The van der Waals surface area contributed by atoms with Crippen LogP contribution in [0.4, 0.5) is 11.6 Å². The molecule has 0 saturated carbocycles. The number of rotatable bonds is 6. The van der Waals surface area contributed by atoms with E-state index >= 15 is 0 Å². The van der Waals surface area contributed by atoms with Crippen molar-refractivity contribution in [2.45, 2.75) is 23.5 Å². The van der Waals surface area contributed by atoms with Crippen LogP contribution in [0, 0.1) is 10.1 Å². The monoisotopic (exact) mass is 308 g/mol. The van der Waals surface area contributed by atoms with E-state index in [1.165, 1.54) is 12.3 Å². The van der Waals surface area contributed by atoms with E-state index in [9.17, 15) is 14.9 Å². The summed E-state index contributed by atoms with van der Waals surface area (Å²) in [6.45, 7) is 2.63. The van der Waals surface area contributed by atoms with Crippen LogP contribution in [-0.2, 0) is 0 Å². The van der Waals surface area contributed by atoms with Gasteiger partial charge in [0.25, 0.3) is 5.56 Å². The van der Waals surface area contributed by atoms with Crippen LogP contribution in [0.2, 0.25) is 0 Å². The summed E-state index contributed by atoms with van der Waals surface area (Å²) in [6, 6.07) is 1.26. The molecule has 0 amide bonds. The second-order valence-electron chi connectivity index (χ2n) is 3.91. The predicted octanol–water partition coefficient (Wildman–Crippen LogP) is 1.44. The lowest BCUT2D eigenvalue weighted by molar-refractivity contribution is -0.388. The number of hydrogen-bond donors (Lipinski definition) is 2. The third-order valence-corrected chi connectivity index (χ3v) is 3.20. The molecule has 10 heteroatoms. The van der Waals surface area contributed by atoms with E-state index < -0.39 is 4.92 Å². The molecule has 0 aromatic carbocycles. The topological polar surface area (TPSA) is 127 Å². The summed E-state index contributed by atoms with van der Waals surface area (Å²) >= 11 is 0.905. The average Bonchev–Trinajstić information content (AvgIpc) is 2.45. The van der Waals surface area contributed by atoms with E-state index in [0.717, 1.165) is 24.4 Å². The van der Waals surface area contributed by atoms with Gasteiger partial charge in [0, 0.05) is 18.8 Å². The molecule has 0 unspecified atom stereocenters. The molecule has 0 atom stereocenters. The highest BCUT2D eigenvalue weighted by atomic mass is 32.2. The number of hydrogen-bond acceptors (Lipinski definition) is 8. The molecule has 2 N–H and O–H groups in total. The van der Waals surface area contributed by atoms with Gasteiger partial charge in [-0.15, -0.1) is 0 Å². The summed E-state index contributed by atoms with van der Waals surface area (Å²) in [6.07, 6.45) is 3.33. The van der Waals surface area contributed by atoms with Crippen LogP contribution in [0.15, 0.2) is 33.4 Å². The molecule has 2 rings (SSSR count). The Morgan fingerprint density at radius 1 is 1.48 bits per heavy atom. The second-order valence-corrected chi connectivity index (χ2v) is 4.89. The minimum Gasteiger partial charge on any atom is -0.354 e. The highest BCUT2D eigenvalue weighted by molar-refractivity contribution is 7.99. The maximum atomic E-state index is 11.2. The molecule has 0 aliphatic rings. The Kier molecular flexibility index (Phi) is 4.82. The number of nitrogens with zero attached hydrogens (tertiary/aromatic N) is 4. The molecule has 21 heavy (non-hydrogen) atoms. The lowest BCUT2D eigenvalue weighted by Gasteiger charge is -2.05. The standard InChI is InChI=1S/C11H12N6O3S/c1-2-4-12-10-14-6-7(17(19)20)9(16-10)21-11-13-5-3-8(18)15-11/h3,5-6H,2,4H2,1H3,(H,12,14,16)(H,13,15,18). The fourth-order valence-electron chi connectivity index (χ4n) is 1.38. The zero-order valence-corrected chi connectivity index (χ0v) is 11.9. The molecule has 0 saturated heterocycles. The van der Waals surface area contributed by atoms with Gasteiger partial charge >= 0.3 is 5.69 Å². The van der Waals surface area contributed by atoms with Crippen molar-refractivity contribution >= 4 is 23.4 Å². The van der Waals surface area contributed by atoms with Gasteiger partial charge in [-0.2, -0.15) is 4.98 Å². The van der Waals surface area contributed by atoms with Gasteiger partial charge in [-0.3, -0.25) is 14.9 Å². The Labute approximate surface area is 123 Å². The highest BCUT2D eigenvalue weighted by Gasteiger charge is 2.19. The minimum atomic E-state index is -0.576. The van der Waals surface area contributed by atoms with Crippen molar-refractivity contribution in [3.05, 3.63) is 38.9 Å². The fourth-order valence-corrected chi connectivity index (χ4v) is 2.19. The van der Waals surface area contributed by atoms with Crippen molar-refractivity contribution in [2.75, 3.05) is 11.9 Å². The van der Waals surface area contributed by atoms with E-state index in [-0.39, 0.29) is 21.4 Å². The number of aromatic nitrogens is 4. The summed E-state index contributed by atoms with van der Waals surface area (Å²) in [7, 11) is 0. The van der Waals surface area contributed by atoms with Crippen LogP contribution in [-0.4, -0.2) is 31.4 Å². The smallest absolute Gasteiger partial charge is 0.320 e. The zero-order chi connectivity index (χ0) is 15.2. The van der Waals surface area contributed by atoms with Gasteiger partial charge in [0.1, 0.15) is 6.20 Å². The molecule has 2 heterocycles. The van der Waals surface area contributed by atoms with E-state index in [4.69, 9.17) is 0 Å². The van der Waals surface area contributed by atoms with Crippen molar-refractivity contribution in [2.24, 2.45) is 0 Å². The summed E-state index contributed by atoms with van der Waals surface area (Å²) in [4.78, 5) is 36.0. The van der Waals surface area contributed by atoms with Crippen LogP contribution in [0.3, 0.4) is 0 Å². The van der Waals surface area contributed by atoms with Gasteiger partial charge in [-0.1, -0.05) is 6.92 Å². The number of aromatic amines is 1. The lowest BCUT2D eigenvalue weighted by Crippen LogP contribution is -2.07. The number of anilines is 1. The molecular weight excluding hydrogens is 296 g/mol. The predicted molar refractivity (Wildman–Crippen MR) is 76.4 cm³/mol. The van der Waals surface area contributed by atoms with Gasteiger partial charge in [0.05, 0.1) is 4.92 Å². The largest absolute Gasteiger partial charge is 0.354 e. The first-order valence-electron chi connectivity index (χ1n) is 6.08. The van der Waals surface area contributed by atoms with Gasteiger partial charge in [-0.05, 0) is 18.2 Å². The van der Waals surface area contributed by atoms with Gasteiger partial charge in [0.15, 0.2) is 10.2 Å². The quantitative estimate of drug-likeness (QED) is 0.355. The van der Waals surface area contributed by atoms with Crippen LogP contribution in [0.1, 0.15) is 13.3 Å². The third kappa shape index (κ3) is 3.99. The van der Waals surface area contributed by atoms with Crippen molar-refractivity contribution in [1.29, 1.82) is 0 Å². The molecule has 2 aromatic rings. The molecule has 0 radical (unpaired) electrons. The second kappa shape index (κ2) is 6.79. The highest BCUT2D eigenvalue weighted by Crippen LogP contribution is 2.30. The Balaban J connectivity index is 2.34. The van der Waals surface area contributed by atoms with Gasteiger partial charge in [-0.25, -0.2) is 9.97 Å². The molecule has 110 valence electrons. The minimum absolute atomic E-state index is 0.114. The Hall–Kier alpha value is -2.49. The average molecular weight is 308 g/mol. The van der Waals surface area contributed by atoms with Crippen LogP contribution >= 0.6 is 11.8 Å². The summed E-state index contributed by atoms with van der Waals surface area (Å²) in [5.41, 5.74) is -0.581. The van der Waals surface area contributed by atoms with Crippen molar-refractivity contribution < 1.29 is 4.92 Å². The first kappa shape index (κ1) is 14.9. The molecular formula is C11H12N6O3S. The Morgan fingerprint density at radius 2 is 2.29 bits per heavy atom. The first-order valence-corrected chi connectivity index (χ1v) is 6.90. The number of nitrogens with one attached hydrogen (secondary N) is 2. The van der Waals surface area contributed by atoms with Crippen molar-refractivity contribution in [3.8, 4) is 0 Å². The Morgan fingerprint density at radius 3 is 2.95 bits per heavy atom. The molecule has 0 bridgehead atoms. The Bertz CT molecular complexity index is 704. The summed E-state index contributed by atoms with van der Waals surface area (Å²) in [5.74, 6) is 0.295. The zero-order valence-electron chi connectivity index (χ0n) is 11.1. The van der Waals surface area contributed by atoms with Crippen LogP contribution < -0.4 is 10.9 Å². The third-order valence-electron chi connectivity index (χ3n) is 2.31. The van der Waals surface area contributed by atoms with Crippen molar-refractivity contribution in [1.82, 2.24) is 19.9 Å². The summed E-state index contributed by atoms with van der Waals surface area (Å²) < 4.78 is 0. The van der Waals surface area contributed by atoms with Crippen LogP contribution in [0.25, 0.3) is 0 Å². The maximum absolute atomic E-state index is 11.2. The number of H-pyrrole nitrogens is 1. The lowest BCUT2D eigenvalue weighted by atomic mass is 10.5. The molecule has 0 aliphatic heterocycles. The summed E-state index contributed by atoms with van der Waals surface area (Å²) in [5, 5.41) is 14.3. The van der Waals surface area contributed by atoms with E-state index in [1.807, 2.05) is 6.92 Å². The van der Waals surface area contributed by atoms with Crippen LogP contribution in [0.5, 0.6) is 0 Å². The van der Waals surface area contributed by atoms with Gasteiger partial charge in [0.2, 0.25) is 5.95 Å². The van der Waals surface area contributed by atoms with Gasteiger partial charge < -0.3 is 10.3 Å². The van der Waals surface area contributed by atoms with E-state index in [2.05, 4.69) is 25.3 Å². The molecule has 0 aliphatic carbocycles.